The largest absolute Gasteiger partial charge is 0.481 e. The molecule has 0 unspecified atom stereocenters. The predicted molar refractivity (Wildman–Crippen MR) is 35.2 cm³/mol. The van der Waals surface area contributed by atoms with Gasteiger partial charge in [0.1, 0.15) is 0 Å². The summed E-state index contributed by atoms with van der Waals surface area (Å²) in [6.45, 7) is 0. The molecule has 1 rings (SSSR count). The maximum absolute atomic E-state index is 12.4. The highest BCUT2D eigenvalue weighted by atomic mass is 19.1. The molecule has 0 fully saturated rings. The fourth-order valence-corrected chi connectivity index (χ4v) is 0.553. The van der Waals surface area contributed by atoms with Gasteiger partial charge in [0.2, 0.25) is 5.88 Å². The Morgan fingerprint density at radius 3 is 2.80 bits per heavy atom. The third-order valence-electron chi connectivity index (χ3n) is 1.06. The number of nitrogens with two attached hydrogens (primary N) is 1. The van der Waals surface area contributed by atoms with E-state index in [1.807, 2.05) is 0 Å². The second-order valence-electron chi connectivity index (χ2n) is 1.72. The van der Waals surface area contributed by atoms with Gasteiger partial charge in [0.05, 0.1) is 7.11 Å². The minimum atomic E-state index is -0.527. The summed E-state index contributed by atoms with van der Waals surface area (Å²) in [4.78, 5) is 3.57. The maximum atomic E-state index is 12.4. The summed E-state index contributed by atoms with van der Waals surface area (Å²) < 4.78 is 17.1. The molecule has 0 saturated heterocycles. The van der Waals surface area contributed by atoms with Gasteiger partial charge < -0.3 is 10.5 Å². The van der Waals surface area contributed by atoms with E-state index in [-0.39, 0.29) is 5.82 Å². The molecule has 0 aromatic carbocycles. The van der Waals surface area contributed by atoms with E-state index < -0.39 is 5.82 Å². The van der Waals surface area contributed by atoms with E-state index in [0.717, 1.165) is 0 Å². The molecular formula is C6H7FN2O. The monoisotopic (exact) mass is 142 g/mol. The average Bonchev–Trinajstić information content (AvgIpc) is 1.95. The minimum absolute atomic E-state index is 0.139. The van der Waals surface area contributed by atoms with Crippen molar-refractivity contribution in [2.24, 2.45) is 0 Å². The zero-order chi connectivity index (χ0) is 7.56. The fourth-order valence-electron chi connectivity index (χ4n) is 0.553. The molecule has 0 atom stereocenters. The Morgan fingerprint density at radius 2 is 2.30 bits per heavy atom. The molecule has 1 aromatic rings. The van der Waals surface area contributed by atoms with Crippen LogP contribution in [0.25, 0.3) is 0 Å². The second-order valence-corrected chi connectivity index (χ2v) is 1.72. The first-order valence-corrected chi connectivity index (χ1v) is 2.70. The van der Waals surface area contributed by atoms with Crippen LogP contribution in [0.5, 0.6) is 5.88 Å². The van der Waals surface area contributed by atoms with Crippen molar-refractivity contribution in [1.29, 1.82) is 0 Å². The first kappa shape index (κ1) is 6.80. The molecule has 54 valence electrons. The molecule has 4 heteroatoms. The third kappa shape index (κ3) is 1.15. The summed E-state index contributed by atoms with van der Waals surface area (Å²) in [5.74, 6) is -0.348. The van der Waals surface area contributed by atoms with Crippen LogP contribution in [0.3, 0.4) is 0 Å². The minimum Gasteiger partial charge on any atom is -0.481 e. The number of hydrogen-bond donors (Lipinski definition) is 1. The fraction of sp³-hybridized carbons (Fsp3) is 0.167. The number of methoxy groups -OCH3 is 1. The van der Waals surface area contributed by atoms with Crippen LogP contribution in [-0.4, -0.2) is 12.1 Å². The van der Waals surface area contributed by atoms with Gasteiger partial charge in [-0.2, -0.15) is 4.98 Å². The van der Waals surface area contributed by atoms with Crippen LogP contribution in [0.15, 0.2) is 12.1 Å². The van der Waals surface area contributed by atoms with E-state index >= 15 is 0 Å². The number of ether oxygens (including phenoxy) is 1. The van der Waals surface area contributed by atoms with Gasteiger partial charge in [0.25, 0.3) is 0 Å². The highest BCUT2D eigenvalue weighted by Gasteiger charge is 1.99. The summed E-state index contributed by atoms with van der Waals surface area (Å²) in [7, 11) is 1.44. The lowest BCUT2D eigenvalue weighted by molar-refractivity contribution is 0.397. The molecule has 1 aromatic heterocycles. The predicted octanol–water partition coefficient (Wildman–Crippen LogP) is 0.812. The molecule has 0 amide bonds. The first-order valence-electron chi connectivity index (χ1n) is 2.70. The smallest absolute Gasteiger partial charge is 0.215 e. The Labute approximate surface area is 57.6 Å². The van der Waals surface area contributed by atoms with E-state index in [0.29, 0.717) is 5.88 Å². The van der Waals surface area contributed by atoms with Gasteiger partial charge in [-0.15, -0.1) is 0 Å². The van der Waals surface area contributed by atoms with Crippen molar-refractivity contribution >= 4 is 5.82 Å². The van der Waals surface area contributed by atoms with Crippen molar-refractivity contribution in [3.8, 4) is 5.88 Å². The Morgan fingerprint density at radius 1 is 1.60 bits per heavy atom. The number of pyridine rings is 1. The quantitative estimate of drug-likeness (QED) is 0.631. The molecule has 2 N–H and O–H groups in total. The topological polar surface area (TPSA) is 48.1 Å². The van der Waals surface area contributed by atoms with Crippen LogP contribution >= 0.6 is 0 Å². The summed E-state index contributed by atoms with van der Waals surface area (Å²) in [6.07, 6.45) is 0. The average molecular weight is 142 g/mol. The number of rotatable bonds is 1. The molecule has 10 heavy (non-hydrogen) atoms. The molecule has 1 heterocycles. The second kappa shape index (κ2) is 2.51. The van der Waals surface area contributed by atoms with Gasteiger partial charge in [-0.1, -0.05) is 0 Å². The summed E-state index contributed by atoms with van der Waals surface area (Å²) >= 11 is 0. The number of nitrogen functional groups attached to an aromatic ring is 1. The molecule has 0 aliphatic rings. The zero-order valence-corrected chi connectivity index (χ0v) is 5.47. The van der Waals surface area contributed by atoms with Crippen LogP contribution in [0, 0.1) is 5.82 Å². The Hall–Kier alpha value is -1.32. The number of aromatic nitrogens is 1. The third-order valence-corrected chi connectivity index (χ3v) is 1.06. The first-order chi connectivity index (χ1) is 4.74. The number of anilines is 1. The Kier molecular flexibility index (Phi) is 1.71. The van der Waals surface area contributed by atoms with Gasteiger partial charge in [-0.25, -0.2) is 4.39 Å². The van der Waals surface area contributed by atoms with Crippen LogP contribution in [0.1, 0.15) is 0 Å². The molecule has 0 bridgehead atoms. The standard InChI is InChI=1S/C6H7FN2O/c1-10-5-3-2-4(7)6(8)9-5/h2-3H,1H3,(H2,8,9). The van der Waals surface area contributed by atoms with Crippen molar-refractivity contribution in [2.75, 3.05) is 12.8 Å². The molecular weight excluding hydrogens is 135 g/mol. The van der Waals surface area contributed by atoms with E-state index in [2.05, 4.69) is 4.98 Å². The molecule has 0 aliphatic heterocycles. The van der Waals surface area contributed by atoms with Crippen LogP contribution in [0.4, 0.5) is 10.2 Å². The molecule has 0 radical (unpaired) electrons. The van der Waals surface area contributed by atoms with Crippen LogP contribution in [0.2, 0.25) is 0 Å². The van der Waals surface area contributed by atoms with E-state index in [9.17, 15) is 4.39 Å². The van der Waals surface area contributed by atoms with Gasteiger partial charge >= 0.3 is 0 Å². The lowest BCUT2D eigenvalue weighted by Gasteiger charge is -1.98. The number of halogens is 1. The lowest BCUT2D eigenvalue weighted by Crippen LogP contribution is -1.96. The van der Waals surface area contributed by atoms with Crippen molar-refractivity contribution in [3.63, 3.8) is 0 Å². The van der Waals surface area contributed by atoms with E-state index in [1.165, 1.54) is 19.2 Å². The Bertz CT molecular complexity index is 239. The van der Waals surface area contributed by atoms with Crippen molar-refractivity contribution in [1.82, 2.24) is 4.98 Å². The summed E-state index contributed by atoms with van der Waals surface area (Å²) in [5.41, 5.74) is 5.13. The van der Waals surface area contributed by atoms with Crippen molar-refractivity contribution in [3.05, 3.63) is 17.9 Å². The van der Waals surface area contributed by atoms with Gasteiger partial charge in [-0.05, 0) is 6.07 Å². The highest BCUT2D eigenvalue weighted by Crippen LogP contribution is 2.11. The van der Waals surface area contributed by atoms with Gasteiger partial charge in [-0.3, -0.25) is 0 Å². The lowest BCUT2D eigenvalue weighted by atomic mass is 10.4. The van der Waals surface area contributed by atoms with E-state index in [4.69, 9.17) is 10.5 Å². The summed E-state index contributed by atoms with van der Waals surface area (Å²) in [6, 6.07) is 2.62. The molecule has 0 aliphatic carbocycles. The van der Waals surface area contributed by atoms with Crippen molar-refractivity contribution in [2.45, 2.75) is 0 Å². The Balaban J connectivity index is 3.04. The SMILES string of the molecule is COc1ccc(F)c(N)n1. The molecule has 0 spiro atoms. The maximum Gasteiger partial charge on any atom is 0.215 e. The summed E-state index contributed by atoms with van der Waals surface area (Å²) in [5, 5.41) is 0. The van der Waals surface area contributed by atoms with Crippen LogP contribution in [-0.2, 0) is 0 Å². The van der Waals surface area contributed by atoms with Crippen molar-refractivity contribution < 1.29 is 9.13 Å². The number of nitrogens with zero attached hydrogens (tertiary/aromatic N) is 1. The van der Waals surface area contributed by atoms with Crippen LogP contribution < -0.4 is 10.5 Å². The zero-order valence-electron chi connectivity index (χ0n) is 5.47. The molecule has 0 saturated carbocycles. The molecule has 3 nitrogen and oxygen atoms in total. The number of hydrogen-bond acceptors (Lipinski definition) is 3. The normalized spacial score (nSPS) is 9.40. The van der Waals surface area contributed by atoms with Gasteiger partial charge in [0.15, 0.2) is 11.6 Å². The highest BCUT2D eigenvalue weighted by molar-refractivity contribution is 5.33. The van der Waals surface area contributed by atoms with E-state index in [1.54, 1.807) is 0 Å². The van der Waals surface area contributed by atoms with Gasteiger partial charge in [0, 0.05) is 6.07 Å².